The van der Waals surface area contributed by atoms with Gasteiger partial charge in [-0.25, -0.2) is 4.79 Å². The number of benzene rings is 1. The highest BCUT2D eigenvalue weighted by Gasteiger charge is 2.19. The van der Waals surface area contributed by atoms with Crippen molar-refractivity contribution in [3.8, 4) is 5.75 Å². The van der Waals surface area contributed by atoms with E-state index in [1.54, 1.807) is 17.6 Å². The number of phenols is 1. The minimum atomic E-state index is -0.633. The summed E-state index contributed by atoms with van der Waals surface area (Å²) in [5, 5.41) is 10.2. The SMILES string of the molecule is CCn1c(C(=O)OC)cc(=O)c2c(O)c(C(C)=O)ccc21. The molecular weight excluding hydrogens is 274 g/mol. The number of aromatic nitrogens is 1. The van der Waals surface area contributed by atoms with Crippen LogP contribution in [0.3, 0.4) is 0 Å². The summed E-state index contributed by atoms with van der Waals surface area (Å²) in [5.74, 6) is -1.33. The summed E-state index contributed by atoms with van der Waals surface area (Å²) in [6.45, 7) is 3.51. The van der Waals surface area contributed by atoms with Crippen molar-refractivity contribution in [1.82, 2.24) is 4.57 Å². The van der Waals surface area contributed by atoms with Crippen LogP contribution in [0.5, 0.6) is 5.75 Å². The summed E-state index contributed by atoms with van der Waals surface area (Å²) in [4.78, 5) is 35.4. The Balaban J connectivity index is 2.95. The van der Waals surface area contributed by atoms with Gasteiger partial charge in [-0.05, 0) is 26.0 Å². The number of methoxy groups -OCH3 is 1. The summed E-state index contributed by atoms with van der Waals surface area (Å²) < 4.78 is 6.22. The van der Waals surface area contributed by atoms with Gasteiger partial charge in [0.15, 0.2) is 11.2 Å². The zero-order chi connectivity index (χ0) is 15.7. The van der Waals surface area contributed by atoms with E-state index in [0.29, 0.717) is 12.1 Å². The molecule has 0 spiro atoms. The van der Waals surface area contributed by atoms with Crippen LogP contribution < -0.4 is 5.43 Å². The van der Waals surface area contributed by atoms with Crippen molar-refractivity contribution in [3.05, 3.63) is 39.7 Å². The molecule has 0 bridgehead atoms. The summed E-state index contributed by atoms with van der Waals surface area (Å²) in [5.41, 5.74) is 0.0316. The van der Waals surface area contributed by atoms with Crippen molar-refractivity contribution in [2.75, 3.05) is 7.11 Å². The van der Waals surface area contributed by atoms with Crippen LogP contribution in [0, 0.1) is 0 Å². The number of carbonyl (C=O) groups is 2. The van der Waals surface area contributed by atoms with Crippen LogP contribution in [0.4, 0.5) is 0 Å². The van der Waals surface area contributed by atoms with Crippen molar-refractivity contribution < 1.29 is 19.4 Å². The van der Waals surface area contributed by atoms with Crippen molar-refractivity contribution in [2.24, 2.45) is 0 Å². The minimum Gasteiger partial charge on any atom is -0.506 e. The average molecular weight is 289 g/mol. The van der Waals surface area contributed by atoms with Gasteiger partial charge in [-0.3, -0.25) is 9.59 Å². The second kappa shape index (κ2) is 5.40. The lowest BCUT2D eigenvalue weighted by molar-refractivity contribution is 0.0588. The third-order valence-corrected chi connectivity index (χ3v) is 3.34. The normalized spacial score (nSPS) is 10.6. The molecule has 0 saturated heterocycles. The maximum absolute atomic E-state index is 12.2. The van der Waals surface area contributed by atoms with Crippen molar-refractivity contribution >= 4 is 22.7 Å². The van der Waals surface area contributed by atoms with Crippen molar-refractivity contribution in [3.63, 3.8) is 0 Å². The minimum absolute atomic E-state index is 0.0252. The van der Waals surface area contributed by atoms with Crippen LogP contribution in [-0.2, 0) is 11.3 Å². The first-order chi connectivity index (χ1) is 9.92. The van der Waals surface area contributed by atoms with Gasteiger partial charge in [-0.2, -0.15) is 0 Å². The molecule has 0 aliphatic rings. The Labute approximate surface area is 120 Å². The molecule has 0 aliphatic heterocycles. The molecule has 110 valence electrons. The Morgan fingerprint density at radius 2 is 2.00 bits per heavy atom. The van der Waals surface area contributed by atoms with Gasteiger partial charge in [-0.15, -0.1) is 0 Å². The number of Topliss-reactive ketones (excluding diaryl/α,β-unsaturated/α-hetero) is 1. The standard InChI is InChI=1S/C15H15NO5/c1-4-16-10-6-5-9(8(2)17)14(19)13(10)12(18)7-11(16)15(20)21-3/h5-7,19H,4H2,1-3H3. The van der Waals surface area contributed by atoms with Crippen LogP contribution in [-0.4, -0.2) is 28.5 Å². The molecule has 6 nitrogen and oxygen atoms in total. The Morgan fingerprint density at radius 3 is 2.52 bits per heavy atom. The fraction of sp³-hybridized carbons (Fsp3) is 0.267. The van der Waals surface area contributed by atoms with Crippen LogP contribution in [0.15, 0.2) is 23.0 Å². The number of ketones is 1. The summed E-state index contributed by atoms with van der Waals surface area (Å²) in [6.07, 6.45) is 0. The molecular formula is C15H15NO5. The van der Waals surface area contributed by atoms with Crippen LogP contribution in [0.2, 0.25) is 0 Å². The molecule has 1 heterocycles. The highest BCUT2D eigenvalue weighted by molar-refractivity contribution is 6.03. The number of hydrogen-bond acceptors (Lipinski definition) is 5. The van der Waals surface area contributed by atoms with E-state index in [2.05, 4.69) is 4.74 Å². The lowest BCUT2D eigenvalue weighted by atomic mass is 10.0. The molecule has 0 unspecified atom stereocenters. The smallest absolute Gasteiger partial charge is 0.354 e. The van der Waals surface area contributed by atoms with E-state index >= 15 is 0 Å². The number of esters is 1. The van der Waals surface area contributed by atoms with Crippen LogP contribution in [0.25, 0.3) is 10.9 Å². The van der Waals surface area contributed by atoms with Gasteiger partial charge in [0.1, 0.15) is 11.4 Å². The van der Waals surface area contributed by atoms with Gasteiger partial charge in [0, 0.05) is 12.6 Å². The second-order valence-electron chi connectivity index (χ2n) is 4.54. The molecule has 0 aliphatic carbocycles. The highest BCUT2D eigenvalue weighted by Crippen LogP contribution is 2.27. The number of nitrogens with zero attached hydrogens (tertiary/aromatic N) is 1. The fourth-order valence-electron chi connectivity index (χ4n) is 2.35. The number of rotatable bonds is 3. The average Bonchev–Trinajstić information content (AvgIpc) is 2.45. The zero-order valence-corrected chi connectivity index (χ0v) is 12.0. The van der Waals surface area contributed by atoms with Gasteiger partial charge in [0.25, 0.3) is 0 Å². The third kappa shape index (κ3) is 2.29. The van der Waals surface area contributed by atoms with E-state index in [-0.39, 0.29) is 28.2 Å². The number of ether oxygens (including phenoxy) is 1. The van der Waals surface area contributed by atoms with Gasteiger partial charge in [0.2, 0.25) is 0 Å². The maximum Gasteiger partial charge on any atom is 0.354 e. The van der Waals surface area contributed by atoms with E-state index < -0.39 is 11.4 Å². The summed E-state index contributed by atoms with van der Waals surface area (Å²) >= 11 is 0. The van der Waals surface area contributed by atoms with E-state index in [1.165, 1.54) is 20.1 Å². The molecule has 0 radical (unpaired) electrons. The zero-order valence-electron chi connectivity index (χ0n) is 12.0. The second-order valence-corrected chi connectivity index (χ2v) is 4.54. The van der Waals surface area contributed by atoms with Gasteiger partial charge in [-0.1, -0.05) is 0 Å². The van der Waals surface area contributed by atoms with E-state index in [4.69, 9.17) is 0 Å². The molecule has 2 aromatic rings. The van der Waals surface area contributed by atoms with Gasteiger partial charge >= 0.3 is 5.97 Å². The fourth-order valence-corrected chi connectivity index (χ4v) is 2.35. The number of fused-ring (bicyclic) bond motifs is 1. The first-order valence-corrected chi connectivity index (χ1v) is 6.41. The molecule has 0 saturated carbocycles. The first kappa shape index (κ1) is 14.8. The molecule has 21 heavy (non-hydrogen) atoms. The number of hydrogen-bond donors (Lipinski definition) is 1. The molecule has 0 atom stereocenters. The maximum atomic E-state index is 12.2. The van der Waals surface area contributed by atoms with E-state index in [9.17, 15) is 19.5 Å². The number of pyridine rings is 1. The predicted molar refractivity (Wildman–Crippen MR) is 76.9 cm³/mol. The van der Waals surface area contributed by atoms with Crippen molar-refractivity contribution in [1.29, 1.82) is 0 Å². The quantitative estimate of drug-likeness (QED) is 0.686. The molecule has 1 aromatic heterocycles. The Morgan fingerprint density at radius 1 is 1.33 bits per heavy atom. The molecule has 6 heteroatoms. The summed E-state index contributed by atoms with van der Waals surface area (Å²) in [7, 11) is 1.23. The predicted octanol–water partition coefficient (Wildman–Crippen LogP) is 1.72. The topological polar surface area (TPSA) is 85.6 Å². The number of carbonyl (C=O) groups excluding carboxylic acids is 2. The highest BCUT2D eigenvalue weighted by atomic mass is 16.5. The van der Waals surface area contributed by atoms with Crippen LogP contribution in [0.1, 0.15) is 34.7 Å². The van der Waals surface area contributed by atoms with E-state index in [0.717, 1.165) is 6.07 Å². The Hall–Kier alpha value is -2.63. The van der Waals surface area contributed by atoms with E-state index in [1.807, 2.05) is 0 Å². The lowest BCUT2D eigenvalue weighted by Crippen LogP contribution is -2.19. The Kier molecular flexibility index (Phi) is 3.80. The largest absolute Gasteiger partial charge is 0.506 e. The van der Waals surface area contributed by atoms with Crippen LogP contribution >= 0.6 is 0 Å². The van der Waals surface area contributed by atoms with Crippen molar-refractivity contribution in [2.45, 2.75) is 20.4 Å². The first-order valence-electron chi connectivity index (χ1n) is 6.41. The number of aryl methyl sites for hydroxylation is 1. The molecule has 1 aromatic carbocycles. The lowest BCUT2D eigenvalue weighted by Gasteiger charge is -2.15. The molecule has 1 N–H and O–H groups in total. The number of aromatic hydroxyl groups is 1. The Bertz CT molecular complexity index is 804. The van der Waals surface area contributed by atoms with Gasteiger partial charge < -0.3 is 14.4 Å². The monoisotopic (exact) mass is 289 g/mol. The number of phenolic OH excluding ortho intramolecular Hbond substituents is 1. The molecule has 2 rings (SSSR count). The van der Waals surface area contributed by atoms with Gasteiger partial charge in [0.05, 0.1) is 23.6 Å². The molecule has 0 fully saturated rings. The molecule has 0 amide bonds. The third-order valence-electron chi connectivity index (χ3n) is 3.34. The summed E-state index contributed by atoms with van der Waals surface area (Å²) in [6, 6.07) is 4.09.